The molecule has 2 N–H and O–H groups in total. The number of aliphatic imine (C=N–C) groups is 1. The maximum atomic E-state index is 4.81. The van der Waals surface area contributed by atoms with E-state index < -0.39 is 0 Å². The molecule has 6 heteroatoms. The van der Waals surface area contributed by atoms with Crippen LogP contribution in [0.4, 0.5) is 0 Å². The smallest absolute Gasteiger partial charge is 0.191 e. The van der Waals surface area contributed by atoms with Gasteiger partial charge < -0.3 is 15.5 Å². The van der Waals surface area contributed by atoms with Gasteiger partial charge in [-0.25, -0.2) is 0 Å². The first-order chi connectivity index (χ1) is 10.5. The third-order valence-electron chi connectivity index (χ3n) is 4.34. The molecule has 23 heavy (non-hydrogen) atoms. The van der Waals surface area contributed by atoms with Crippen LogP contribution in [-0.4, -0.2) is 50.1 Å². The number of likely N-dealkylation sites (tertiary alicyclic amines) is 1. The Bertz CT molecular complexity index is 473. The highest BCUT2D eigenvalue weighted by Gasteiger charge is 2.23. The Morgan fingerprint density at radius 1 is 1.43 bits per heavy atom. The molecule has 1 unspecified atom stereocenters. The van der Waals surface area contributed by atoms with Crippen LogP contribution in [0.2, 0.25) is 0 Å². The molecule has 1 aliphatic rings. The number of halogens is 1. The van der Waals surface area contributed by atoms with E-state index in [2.05, 4.69) is 60.9 Å². The highest BCUT2D eigenvalue weighted by atomic mass is 127. The van der Waals surface area contributed by atoms with Crippen LogP contribution >= 0.6 is 35.3 Å². The summed E-state index contributed by atoms with van der Waals surface area (Å²) in [5.41, 5.74) is 0.0840. The van der Waals surface area contributed by atoms with E-state index in [4.69, 9.17) is 4.99 Å². The minimum atomic E-state index is 0. The SMILES string of the molecule is CCNC(=NCC(C)(C)c1cccs1)NCC1CCCN1C.I. The number of nitrogens with zero attached hydrogens (tertiary/aromatic N) is 2. The van der Waals surface area contributed by atoms with Gasteiger partial charge in [0.2, 0.25) is 0 Å². The Hall–Kier alpha value is -0.340. The number of rotatable bonds is 6. The molecule has 0 amide bonds. The van der Waals surface area contributed by atoms with E-state index in [0.717, 1.165) is 25.6 Å². The summed E-state index contributed by atoms with van der Waals surface area (Å²) in [5, 5.41) is 9.01. The standard InChI is InChI=1S/C17H30N4S.HI/c1-5-18-16(19-12-14-8-6-10-21(14)4)20-13-17(2,3)15-9-7-11-22-15;/h7,9,11,14H,5-6,8,10,12-13H2,1-4H3,(H2,18,19,20);1H. The number of thiophene rings is 1. The van der Waals surface area contributed by atoms with E-state index >= 15 is 0 Å². The van der Waals surface area contributed by atoms with Crippen molar-refractivity contribution in [3.8, 4) is 0 Å². The second-order valence-corrected chi connectivity index (χ2v) is 7.66. The highest BCUT2D eigenvalue weighted by Crippen LogP contribution is 2.27. The molecule has 1 aliphatic heterocycles. The molecule has 2 heterocycles. The van der Waals surface area contributed by atoms with Crippen molar-refractivity contribution in [2.75, 3.05) is 33.2 Å². The fourth-order valence-corrected chi connectivity index (χ4v) is 3.66. The molecule has 0 spiro atoms. The molecule has 0 aliphatic carbocycles. The van der Waals surface area contributed by atoms with E-state index in [0.29, 0.717) is 6.04 Å². The molecule has 132 valence electrons. The van der Waals surface area contributed by atoms with E-state index in [1.807, 2.05) is 11.3 Å². The minimum Gasteiger partial charge on any atom is -0.357 e. The lowest BCUT2D eigenvalue weighted by atomic mass is 9.92. The van der Waals surface area contributed by atoms with Crippen LogP contribution in [0.1, 0.15) is 38.5 Å². The topological polar surface area (TPSA) is 39.7 Å². The van der Waals surface area contributed by atoms with Crippen molar-refractivity contribution in [3.63, 3.8) is 0 Å². The largest absolute Gasteiger partial charge is 0.357 e. The normalized spacial score (nSPS) is 19.5. The number of nitrogens with one attached hydrogen (secondary N) is 2. The van der Waals surface area contributed by atoms with Crippen LogP contribution in [0.3, 0.4) is 0 Å². The van der Waals surface area contributed by atoms with E-state index in [1.54, 1.807) is 0 Å². The Labute approximate surface area is 162 Å². The number of guanidine groups is 1. The average Bonchev–Trinajstić information content (AvgIpc) is 3.14. The number of hydrogen-bond acceptors (Lipinski definition) is 3. The minimum absolute atomic E-state index is 0. The van der Waals surface area contributed by atoms with Gasteiger partial charge in [-0.05, 0) is 44.8 Å². The van der Waals surface area contributed by atoms with Crippen molar-refractivity contribution in [1.29, 1.82) is 0 Å². The molecule has 1 aromatic rings. The van der Waals surface area contributed by atoms with Crippen molar-refractivity contribution in [3.05, 3.63) is 22.4 Å². The fraction of sp³-hybridized carbons (Fsp3) is 0.706. The fourth-order valence-electron chi connectivity index (χ4n) is 2.81. The molecule has 0 aromatic carbocycles. The van der Waals surface area contributed by atoms with Crippen LogP contribution in [-0.2, 0) is 5.41 Å². The van der Waals surface area contributed by atoms with Crippen LogP contribution in [0.25, 0.3) is 0 Å². The van der Waals surface area contributed by atoms with Gasteiger partial charge in [-0.2, -0.15) is 0 Å². The van der Waals surface area contributed by atoms with Crippen LogP contribution in [0.5, 0.6) is 0 Å². The zero-order valence-electron chi connectivity index (χ0n) is 14.8. The molecule has 1 aromatic heterocycles. The first-order valence-corrected chi connectivity index (χ1v) is 9.17. The Morgan fingerprint density at radius 3 is 2.78 bits per heavy atom. The van der Waals surface area contributed by atoms with Crippen LogP contribution in [0, 0.1) is 0 Å². The summed E-state index contributed by atoms with van der Waals surface area (Å²) in [6, 6.07) is 4.95. The second-order valence-electron chi connectivity index (χ2n) is 6.71. The molecule has 1 saturated heterocycles. The quantitative estimate of drug-likeness (QED) is 0.397. The van der Waals surface area contributed by atoms with Gasteiger partial charge in [-0.1, -0.05) is 19.9 Å². The van der Waals surface area contributed by atoms with Crippen molar-refractivity contribution in [2.45, 2.75) is 45.1 Å². The molecular weight excluding hydrogens is 419 g/mol. The van der Waals surface area contributed by atoms with E-state index in [1.165, 1.54) is 24.3 Å². The first-order valence-electron chi connectivity index (χ1n) is 8.29. The van der Waals surface area contributed by atoms with Gasteiger partial charge in [0.25, 0.3) is 0 Å². The number of hydrogen-bond donors (Lipinski definition) is 2. The lowest BCUT2D eigenvalue weighted by Gasteiger charge is -2.23. The first kappa shape index (κ1) is 20.7. The molecule has 0 saturated carbocycles. The summed E-state index contributed by atoms with van der Waals surface area (Å²) in [7, 11) is 2.21. The Kier molecular flexibility index (Phi) is 8.85. The monoisotopic (exact) mass is 450 g/mol. The molecule has 1 fully saturated rings. The number of likely N-dealkylation sites (N-methyl/N-ethyl adjacent to an activating group) is 1. The summed E-state index contributed by atoms with van der Waals surface area (Å²) in [6.45, 7) is 10.5. The molecule has 4 nitrogen and oxygen atoms in total. The van der Waals surface area contributed by atoms with Crippen LogP contribution in [0.15, 0.2) is 22.5 Å². The predicted molar refractivity (Wildman–Crippen MR) is 112 cm³/mol. The van der Waals surface area contributed by atoms with Gasteiger partial charge >= 0.3 is 0 Å². The Morgan fingerprint density at radius 2 is 2.22 bits per heavy atom. The molecular formula is C17H31IN4S. The summed E-state index contributed by atoms with van der Waals surface area (Å²) >= 11 is 1.81. The van der Waals surface area contributed by atoms with E-state index in [-0.39, 0.29) is 29.4 Å². The predicted octanol–water partition coefficient (Wildman–Crippen LogP) is 3.29. The van der Waals surface area contributed by atoms with Gasteiger partial charge in [0, 0.05) is 29.4 Å². The van der Waals surface area contributed by atoms with Crippen molar-refractivity contribution in [1.82, 2.24) is 15.5 Å². The third-order valence-corrected chi connectivity index (χ3v) is 5.58. The summed E-state index contributed by atoms with van der Waals surface area (Å²) in [5.74, 6) is 0.937. The zero-order chi connectivity index (χ0) is 16.0. The maximum absolute atomic E-state index is 4.81. The molecule has 0 radical (unpaired) electrons. The van der Waals surface area contributed by atoms with Gasteiger partial charge in [-0.3, -0.25) is 4.99 Å². The molecule has 2 rings (SSSR count). The second kappa shape index (κ2) is 9.84. The van der Waals surface area contributed by atoms with Crippen molar-refractivity contribution >= 4 is 41.3 Å². The van der Waals surface area contributed by atoms with Gasteiger partial charge in [0.15, 0.2) is 5.96 Å². The Balaban J connectivity index is 0.00000264. The van der Waals surface area contributed by atoms with Gasteiger partial charge in [0.05, 0.1) is 6.54 Å². The lowest BCUT2D eigenvalue weighted by molar-refractivity contribution is 0.309. The highest BCUT2D eigenvalue weighted by molar-refractivity contribution is 14.0. The summed E-state index contributed by atoms with van der Waals surface area (Å²) in [4.78, 5) is 8.64. The zero-order valence-corrected chi connectivity index (χ0v) is 17.9. The average molecular weight is 450 g/mol. The summed E-state index contributed by atoms with van der Waals surface area (Å²) < 4.78 is 0. The van der Waals surface area contributed by atoms with Crippen LogP contribution < -0.4 is 10.6 Å². The summed E-state index contributed by atoms with van der Waals surface area (Å²) in [6.07, 6.45) is 2.59. The van der Waals surface area contributed by atoms with E-state index in [9.17, 15) is 0 Å². The lowest BCUT2D eigenvalue weighted by Crippen LogP contribution is -2.44. The van der Waals surface area contributed by atoms with Gasteiger partial charge in [-0.15, -0.1) is 35.3 Å². The van der Waals surface area contributed by atoms with Gasteiger partial charge in [0.1, 0.15) is 0 Å². The molecule has 1 atom stereocenters. The third kappa shape index (κ3) is 6.23. The van der Waals surface area contributed by atoms with Crippen molar-refractivity contribution in [2.24, 2.45) is 4.99 Å². The maximum Gasteiger partial charge on any atom is 0.191 e. The molecule has 0 bridgehead atoms. The van der Waals surface area contributed by atoms with Crippen molar-refractivity contribution < 1.29 is 0 Å².